The summed E-state index contributed by atoms with van der Waals surface area (Å²) in [7, 11) is 3.37. The number of aromatic nitrogens is 1. The molecule has 0 saturated carbocycles. The largest absolute Gasteiger partial charge is 0.493 e. The van der Waals surface area contributed by atoms with E-state index in [1.54, 1.807) is 31.3 Å². The summed E-state index contributed by atoms with van der Waals surface area (Å²) in [5, 5.41) is 2.76. The van der Waals surface area contributed by atoms with Crippen LogP contribution in [0, 0.1) is 0 Å². The number of pyridine rings is 1. The molecule has 7 heteroatoms. The number of carbonyl (C=O) groups is 2. The molecule has 0 saturated heterocycles. The van der Waals surface area contributed by atoms with E-state index in [0.717, 1.165) is 23.1 Å². The van der Waals surface area contributed by atoms with Crippen molar-refractivity contribution in [3.05, 3.63) is 53.2 Å². The van der Waals surface area contributed by atoms with Crippen LogP contribution in [0.4, 0.5) is 5.82 Å². The molecule has 2 amide bonds. The van der Waals surface area contributed by atoms with Gasteiger partial charge in [0.1, 0.15) is 5.82 Å². The molecule has 1 N–H and O–H groups in total. The third-order valence-electron chi connectivity index (χ3n) is 5.34. The van der Waals surface area contributed by atoms with Crippen LogP contribution in [0.3, 0.4) is 0 Å². The molecule has 164 valence electrons. The number of hydrogen-bond donors (Lipinski definition) is 1. The lowest BCUT2D eigenvalue weighted by Gasteiger charge is -2.26. The number of aryl methyl sites for hydroxylation is 1. The highest BCUT2D eigenvalue weighted by Gasteiger charge is 2.22. The highest BCUT2D eigenvalue weighted by atomic mass is 16.5. The van der Waals surface area contributed by atoms with E-state index in [1.807, 2.05) is 38.1 Å². The molecule has 0 radical (unpaired) electrons. The zero-order valence-electron chi connectivity index (χ0n) is 18.5. The number of rotatable bonds is 8. The Labute approximate surface area is 183 Å². The number of anilines is 1. The van der Waals surface area contributed by atoms with Crippen molar-refractivity contribution < 1.29 is 19.1 Å². The van der Waals surface area contributed by atoms with Crippen molar-refractivity contribution in [3.8, 4) is 11.5 Å². The first-order chi connectivity index (χ1) is 14.9. The topological polar surface area (TPSA) is 80.8 Å². The lowest BCUT2D eigenvalue weighted by molar-refractivity contribution is -0.126. The number of nitrogens with zero attached hydrogens (tertiary/aromatic N) is 2. The second-order valence-electron chi connectivity index (χ2n) is 7.51. The maximum absolute atomic E-state index is 12.8. The zero-order chi connectivity index (χ0) is 22.4. The molecule has 0 fully saturated rings. The molecular weight excluding hydrogens is 394 g/mol. The van der Waals surface area contributed by atoms with E-state index >= 15 is 0 Å². The van der Waals surface area contributed by atoms with Gasteiger partial charge in [-0.15, -0.1) is 0 Å². The predicted octanol–water partition coefficient (Wildman–Crippen LogP) is 4.00. The van der Waals surface area contributed by atoms with Gasteiger partial charge in [-0.3, -0.25) is 9.59 Å². The van der Waals surface area contributed by atoms with Crippen molar-refractivity contribution in [1.29, 1.82) is 0 Å². The van der Waals surface area contributed by atoms with Gasteiger partial charge in [0.25, 0.3) is 0 Å². The minimum absolute atomic E-state index is 0.0195. The Morgan fingerprint density at radius 1 is 1.35 bits per heavy atom. The third-order valence-corrected chi connectivity index (χ3v) is 5.34. The second-order valence-corrected chi connectivity index (χ2v) is 7.51. The Balaban J connectivity index is 1.75. The molecule has 0 bridgehead atoms. The Kier molecular flexibility index (Phi) is 7.28. The van der Waals surface area contributed by atoms with Crippen LogP contribution in [-0.4, -0.2) is 42.5 Å². The lowest BCUT2D eigenvalue weighted by atomic mass is 10.0. The first kappa shape index (κ1) is 22.3. The number of carbonyl (C=O) groups excluding carboxylic acids is 2. The summed E-state index contributed by atoms with van der Waals surface area (Å²) in [6.45, 7) is 4.58. The zero-order valence-corrected chi connectivity index (χ0v) is 18.5. The van der Waals surface area contributed by atoms with E-state index in [1.165, 1.54) is 6.08 Å². The summed E-state index contributed by atoms with van der Waals surface area (Å²) < 4.78 is 11.4. The van der Waals surface area contributed by atoms with Gasteiger partial charge in [0.15, 0.2) is 11.5 Å². The Morgan fingerprint density at radius 3 is 2.90 bits per heavy atom. The highest BCUT2D eigenvalue weighted by molar-refractivity contribution is 5.94. The predicted molar refractivity (Wildman–Crippen MR) is 120 cm³/mol. The third kappa shape index (κ3) is 5.23. The molecule has 2 heterocycles. The summed E-state index contributed by atoms with van der Waals surface area (Å²) in [5.41, 5.74) is 2.69. The molecule has 0 aliphatic carbocycles. The molecule has 31 heavy (non-hydrogen) atoms. The molecule has 1 atom stereocenters. The summed E-state index contributed by atoms with van der Waals surface area (Å²) in [4.78, 5) is 30.3. The number of fused-ring (bicyclic) bond motifs is 1. The van der Waals surface area contributed by atoms with Gasteiger partial charge in [0, 0.05) is 31.3 Å². The molecule has 2 aromatic rings. The van der Waals surface area contributed by atoms with Crippen LogP contribution in [-0.2, 0) is 16.0 Å². The van der Waals surface area contributed by atoms with Crippen LogP contribution in [0.15, 0.2) is 36.5 Å². The number of methoxy groups -OCH3 is 1. The fourth-order valence-electron chi connectivity index (χ4n) is 3.43. The fraction of sp³-hybridized carbons (Fsp3) is 0.375. The average molecular weight is 424 g/mol. The van der Waals surface area contributed by atoms with E-state index in [-0.39, 0.29) is 17.9 Å². The molecule has 0 spiro atoms. The Morgan fingerprint density at radius 2 is 2.16 bits per heavy atom. The minimum atomic E-state index is -0.212. The molecule has 1 aromatic carbocycles. The van der Waals surface area contributed by atoms with Gasteiger partial charge in [0.2, 0.25) is 11.8 Å². The van der Waals surface area contributed by atoms with E-state index in [2.05, 4.69) is 10.3 Å². The van der Waals surface area contributed by atoms with Crippen molar-refractivity contribution in [2.45, 2.75) is 39.2 Å². The van der Waals surface area contributed by atoms with Gasteiger partial charge in [-0.2, -0.15) is 0 Å². The summed E-state index contributed by atoms with van der Waals surface area (Å²) >= 11 is 0. The maximum Gasteiger partial charge on any atom is 0.246 e. The van der Waals surface area contributed by atoms with E-state index in [4.69, 9.17) is 9.47 Å². The SMILES string of the molecule is CCCOc1c(OC)cccc1[C@@H](C)N(C)C(=O)/C=C/c1cnc2c(c1)CCC(=O)N2. The van der Waals surface area contributed by atoms with E-state index in [0.29, 0.717) is 36.8 Å². The van der Waals surface area contributed by atoms with Crippen LogP contribution in [0.2, 0.25) is 0 Å². The Bertz CT molecular complexity index is 987. The monoisotopic (exact) mass is 423 g/mol. The second kappa shape index (κ2) is 10.1. The molecule has 7 nitrogen and oxygen atoms in total. The van der Waals surface area contributed by atoms with Crippen LogP contribution in [0.1, 0.15) is 49.4 Å². The van der Waals surface area contributed by atoms with Crippen LogP contribution < -0.4 is 14.8 Å². The normalized spacial score (nSPS) is 14.0. The molecule has 1 aliphatic rings. The number of ether oxygens (including phenoxy) is 2. The van der Waals surface area contributed by atoms with Crippen LogP contribution in [0.5, 0.6) is 11.5 Å². The molecule has 1 aromatic heterocycles. The van der Waals surface area contributed by atoms with Gasteiger partial charge >= 0.3 is 0 Å². The number of amides is 2. The fourth-order valence-corrected chi connectivity index (χ4v) is 3.43. The number of nitrogens with one attached hydrogen (secondary N) is 1. The first-order valence-electron chi connectivity index (χ1n) is 10.5. The Hall–Kier alpha value is -3.35. The number of para-hydroxylation sites is 1. The van der Waals surface area contributed by atoms with Crippen molar-refractivity contribution in [2.24, 2.45) is 0 Å². The van der Waals surface area contributed by atoms with Gasteiger partial charge in [-0.1, -0.05) is 19.1 Å². The summed E-state index contributed by atoms with van der Waals surface area (Å²) in [5.74, 6) is 1.77. The maximum atomic E-state index is 12.8. The van der Waals surface area contributed by atoms with Gasteiger partial charge < -0.3 is 19.7 Å². The smallest absolute Gasteiger partial charge is 0.246 e. The number of hydrogen-bond acceptors (Lipinski definition) is 5. The van der Waals surface area contributed by atoms with Crippen molar-refractivity contribution in [1.82, 2.24) is 9.88 Å². The average Bonchev–Trinajstić information content (AvgIpc) is 2.79. The molecule has 1 aliphatic heterocycles. The molecule has 0 unspecified atom stereocenters. The van der Waals surface area contributed by atoms with Gasteiger partial charge in [0.05, 0.1) is 19.8 Å². The lowest BCUT2D eigenvalue weighted by Crippen LogP contribution is -2.28. The van der Waals surface area contributed by atoms with Crippen molar-refractivity contribution >= 4 is 23.7 Å². The number of benzene rings is 1. The van der Waals surface area contributed by atoms with Crippen LogP contribution >= 0.6 is 0 Å². The quantitative estimate of drug-likeness (QED) is 0.649. The standard InChI is InChI=1S/C24H29N3O4/c1-5-13-31-23-19(7-6-8-20(23)30-4)16(2)27(3)22(29)12-9-17-14-18-10-11-21(28)26-24(18)25-15-17/h6-9,12,14-16H,5,10-11,13H2,1-4H3,(H,25,26,28)/b12-9+/t16-/m1/s1. The van der Waals surface area contributed by atoms with Crippen molar-refractivity contribution in [3.63, 3.8) is 0 Å². The van der Waals surface area contributed by atoms with E-state index in [9.17, 15) is 9.59 Å². The molecular formula is C24H29N3O4. The number of likely N-dealkylation sites (N-methyl/N-ethyl adjacent to an activating group) is 1. The van der Waals surface area contributed by atoms with Gasteiger partial charge in [-0.25, -0.2) is 4.98 Å². The van der Waals surface area contributed by atoms with E-state index < -0.39 is 0 Å². The van der Waals surface area contributed by atoms with Crippen molar-refractivity contribution in [2.75, 3.05) is 26.1 Å². The molecule has 3 rings (SSSR count). The van der Waals surface area contributed by atoms with Gasteiger partial charge in [-0.05, 0) is 49.1 Å². The summed E-state index contributed by atoms with van der Waals surface area (Å²) in [6.07, 6.45) is 6.91. The first-order valence-corrected chi connectivity index (χ1v) is 10.5. The summed E-state index contributed by atoms with van der Waals surface area (Å²) in [6, 6.07) is 7.45. The highest BCUT2D eigenvalue weighted by Crippen LogP contribution is 2.37. The minimum Gasteiger partial charge on any atom is -0.493 e. The van der Waals surface area contributed by atoms with Crippen LogP contribution in [0.25, 0.3) is 6.08 Å².